The summed E-state index contributed by atoms with van der Waals surface area (Å²) in [6, 6.07) is 10.7. The van der Waals surface area contributed by atoms with E-state index in [0.29, 0.717) is 34.5 Å². The molecule has 0 aliphatic carbocycles. The maximum atomic E-state index is 8.91. The number of nitrogens with zero attached hydrogens (tertiary/aromatic N) is 3. The fourth-order valence-electron chi connectivity index (χ4n) is 2.56. The lowest BCUT2D eigenvalue weighted by Crippen LogP contribution is -2.04. The van der Waals surface area contributed by atoms with Gasteiger partial charge in [-0.15, -0.1) is 10.2 Å². The molecule has 1 aromatic heterocycles. The summed E-state index contributed by atoms with van der Waals surface area (Å²) in [7, 11) is 1.57. The number of halogens is 1. The highest BCUT2D eigenvalue weighted by Gasteiger charge is 2.10. The van der Waals surface area contributed by atoms with Crippen LogP contribution in [0.2, 0.25) is 5.02 Å². The number of aliphatic hydroxyl groups excluding tert-OH is 1. The van der Waals surface area contributed by atoms with Crippen molar-refractivity contribution < 1.29 is 9.84 Å². The molecule has 0 spiro atoms. The molecule has 0 aliphatic rings. The van der Waals surface area contributed by atoms with Gasteiger partial charge in [0.15, 0.2) is 11.5 Å². The molecule has 0 saturated heterocycles. The van der Waals surface area contributed by atoms with E-state index in [4.69, 9.17) is 28.0 Å². The minimum Gasteiger partial charge on any atom is -0.495 e. The molecule has 0 amide bonds. The molecule has 0 bridgehead atoms. The van der Waals surface area contributed by atoms with Gasteiger partial charge in [0.25, 0.3) is 0 Å². The lowest BCUT2D eigenvalue weighted by Gasteiger charge is -2.11. The molecule has 0 aliphatic heterocycles. The number of methoxy groups -OCH3 is 1. The van der Waals surface area contributed by atoms with Crippen molar-refractivity contribution in [3.05, 3.63) is 64.1 Å². The second-order valence-corrected chi connectivity index (χ2v) is 5.93. The molecule has 2 aromatic carbocycles. The maximum Gasteiger partial charge on any atom is 0.188 e. The van der Waals surface area contributed by atoms with E-state index in [-0.39, 0.29) is 6.61 Å². The van der Waals surface area contributed by atoms with Gasteiger partial charge in [-0.25, -0.2) is 4.85 Å². The van der Waals surface area contributed by atoms with Gasteiger partial charge in [0.05, 0.1) is 18.7 Å². The Hall–Kier alpha value is -3.32. The number of benzene rings is 2. The third-order valence-electron chi connectivity index (χ3n) is 3.85. The molecule has 3 aromatic rings. The molecule has 1 heterocycles. The molecule has 2 N–H and O–H groups in total. The number of nitrogens with one attached hydrogen (secondary N) is 1. The topological polar surface area (TPSA) is 71.6 Å². The van der Waals surface area contributed by atoms with Crippen LogP contribution in [-0.2, 0) is 6.54 Å². The monoisotopic (exact) mass is 378 g/mol. The number of anilines is 1. The van der Waals surface area contributed by atoms with E-state index in [1.54, 1.807) is 31.4 Å². The van der Waals surface area contributed by atoms with E-state index in [0.717, 1.165) is 16.3 Å². The molecule has 6 nitrogen and oxygen atoms in total. The molecule has 0 unspecified atom stereocenters. The first-order chi connectivity index (χ1) is 13.2. The summed E-state index contributed by atoms with van der Waals surface area (Å²) in [5.41, 5.74) is 1.89. The number of hydrogen-bond acceptors (Lipinski definition) is 5. The van der Waals surface area contributed by atoms with Gasteiger partial charge >= 0.3 is 0 Å². The predicted octanol–water partition coefficient (Wildman–Crippen LogP) is 3.80. The second-order valence-electron chi connectivity index (χ2n) is 5.52. The lowest BCUT2D eigenvalue weighted by atomic mass is 10.1. The highest BCUT2D eigenvalue weighted by molar-refractivity contribution is 6.32. The third-order valence-corrected chi connectivity index (χ3v) is 4.15. The molecule has 0 radical (unpaired) electrons. The van der Waals surface area contributed by atoms with Gasteiger partial charge in [0, 0.05) is 17.3 Å². The van der Waals surface area contributed by atoms with Crippen molar-refractivity contribution in [3.63, 3.8) is 0 Å². The van der Waals surface area contributed by atoms with Gasteiger partial charge < -0.3 is 15.2 Å². The van der Waals surface area contributed by atoms with Gasteiger partial charge in [-0.1, -0.05) is 35.7 Å². The third kappa shape index (κ3) is 4.09. The highest BCUT2D eigenvalue weighted by atomic mass is 35.5. The van der Waals surface area contributed by atoms with E-state index in [1.807, 2.05) is 12.1 Å². The Morgan fingerprint density at radius 2 is 2.07 bits per heavy atom. The Morgan fingerprint density at radius 3 is 2.78 bits per heavy atom. The first-order valence-electron chi connectivity index (χ1n) is 8.00. The molecule has 3 rings (SSSR count). The number of aliphatic hydroxyl groups is 1. The lowest BCUT2D eigenvalue weighted by molar-refractivity contribution is 0.350. The normalized spacial score (nSPS) is 10.0. The zero-order chi connectivity index (χ0) is 19.2. The van der Waals surface area contributed by atoms with Crippen LogP contribution in [0.1, 0.15) is 11.3 Å². The fourth-order valence-corrected chi connectivity index (χ4v) is 2.84. The average molecular weight is 379 g/mol. The van der Waals surface area contributed by atoms with Crippen molar-refractivity contribution in [1.82, 2.24) is 10.2 Å². The van der Waals surface area contributed by atoms with Crippen LogP contribution >= 0.6 is 11.6 Å². The van der Waals surface area contributed by atoms with Crippen LogP contribution in [0.15, 0.2) is 36.4 Å². The Bertz CT molecular complexity index is 1100. The summed E-state index contributed by atoms with van der Waals surface area (Å²) in [5.74, 6) is 6.51. The van der Waals surface area contributed by atoms with Crippen LogP contribution in [0, 0.1) is 18.4 Å². The minimum absolute atomic E-state index is 0.262. The zero-order valence-corrected chi connectivity index (χ0v) is 15.2. The average Bonchev–Trinajstić information content (AvgIpc) is 2.70. The number of ether oxygens (including phenoxy) is 1. The summed E-state index contributed by atoms with van der Waals surface area (Å²) in [6.07, 6.45) is 0. The summed E-state index contributed by atoms with van der Waals surface area (Å²) < 4.78 is 5.16. The summed E-state index contributed by atoms with van der Waals surface area (Å²) in [6.45, 7) is 7.44. The van der Waals surface area contributed by atoms with Gasteiger partial charge in [0.2, 0.25) is 0 Å². The molecular formula is C20H15ClN4O2. The van der Waals surface area contributed by atoms with Crippen molar-refractivity contribution >= 4 is 33.9 Å². The van der Waals surface area contributed by atoms with Gasteiger partial charge in [0.1, 0.15) is 18.1 Å². The molecule has 0 atom stereocenters. The van der Waals surface area contributed by atoms with Crippen LogP contribution in [0.4, 0.5) is 11.5 Å². The fraction of sp³-hybridized carbons (Fsp3) is 0.150. The highest BCUT2D eigenvalue weighted by Crippen LogP contribution is 2.29. The van der Waals surface area contributed by atoms with E-state index in [9.17, 15) is 0 Å². The van der Waals surface area contributed by atoms with Crippen LogP contribution in [0.3, 0.4) is 0 Å². The van der Waals surface area contributed by atoms with Crippen LogP contribution in [0.25, 0.3) is 15.6 Å². The van der Waals surface area contributed by atoms with E-state index < -0.39 is 0 Å². The molecule has 0 saturated carbocycles. The summed E-state index contributed by atoms with van der Waals surface area (Å²) in [4.78, 5) is 3.47. The molecule has 7 heteroatoms. The van der Waals surface area contributed by atoms with Gasteiger partial charge in [-0.05, 0) is 29.7 Å². The SMILES string of the molecule is [C-]#[N+]c1ccc2c(C#CCO)nnc(NCc3ccc(OC)c(Cl)c3)c2c1. The van der Waals surface area contributed by atoms with Crippen molar-refractivity contribution in [3.8, 4) is 17.6 Å². The van der Waals surface area contributed by atoms with Crippen molar-refractivity contribution in [2.45, 2.75) is 6.54 Å². The maximum absolute atomic E-state index is 8.91. The smallest absolute Gasteiger partial charge is 0.188 e. The van der Waals surface area contributed by atoms with E-state index in [1.165, 1.54) is 0 Å². The Balaban J connectivity index is 1.96. The van der Waals surface area contributed by atoms with Crippen molar-refractivity contribution in [2.75, 3.05) is 19.0 Å². The Morgan fingerprint density at radius 1 is 1.22 bits per heavy atom. The number of fused-ring (bicyclic) bond motifs is 1. The number of hydrogen-bond donors (Lipinski definition) is 2. The molecular weight excluding hydrogens is 364 g/mol. The minimum atomic E-state index is -0.262. The number of rotatable bonds is 4. The standard InChI is InChI=1S/C20H15ClN4O2/c1-22-14-6-7-15-16(11-14)20(25-24-18(15)4-3-9-26)23-12-13-5-8-19(27-2)17(21)10-13/h5-8,10-11,26H,9,12H2,2H3,(H,23,25). The van der Waals surface area contributed by atoms with E-state index in [2.05, 4.69) is 32.2 Å². The number of aromatic nitrogens is 2. The first-order valence-corrected chi connectivity index (χ1v) is 8.38. The second kappa shape index (κ2) is 8.37. The van der Waals surface area contributed by atoms with Crippen LogP contribution in [0.5, 0.6) is 5.75 Å². The van der Waals surface area contributed by atoms with Crippen molar-refractivity contribution in [2.24, 2.45) is 0 Å². The van der Waals surface area contributed by atoms with E-state index >= 15 is 0 Å². The van der Waals surface area contributed by atoms with Crippen LogP contribution < -0.4 is 10.1 Å². The Labute approximate surface area is 161 Å². The molecule has 134 valence electrons. The molecule has 0 fully saturated rings. The summed E-state index contributed by atoms with van der Waals surface area (Å²) >= 11 is 6.17. The Kier molecular flexibility index (Phi) is 5.73. The predicted molar refractivity (Wildman–Crippen MR) is 105 cm³/mol. The van der Waals surface area contributed by atoms with Gasteiger partial charge in [-0.2, -0.15) is 0 Å². The van der Waals surface area contributed by atoms with Crippen LogP contribution in [-0.4, -0.2) is 29.0 Å². The quantitative estimate of drug-likeness (QED) is 0.533. The zero-order valence-electron chi connectivity index (χ0n) is 14.5. The molecule has 27 heavy (non-hydrogen) atoms. The van der Waals surface area contributed by atoms with Crippen molar-refractivity contribution in [1.29, 1.82) is 0 Å². The largest absolute Gasteiger partial charge is 0.495 e. The summed E-state index contributed by atoms with van der Waals surface area (Å²) in [5, 5.41) is 22.5. The first kappa shape index (κ1) is 18.5. The van der Waals surface area contributed by atoms with Gasteiger partial charge in [-0.3, -0.25) is 0 Å².